The van der Waals surface area contributed by atoms with Gasteiger partial charge in [-0.3, -0.25) is 4.79 Å². The van der Waals surface area contributed by atoms with Gasteiger partial charge < -0.3 is 5.32 Å². The third kappa shape index (κ3) is 4.18. The summed E-state index contributed by atoms with van der Waals surface area (Å²) >= 11 is 0. The molecule has 0 saturated carbocycles. The molecule has 0 saturated heterocycles. The molecule has 0 aromatic heterocycles. The molecule has 0 radical (unpaired) electrons. The second-order valence-electron chi connectivity index (χ2n) is 4.42. The van der Waals surface area contributed by atoms with E-state index in [1.165, 1.54) is 18.2 Å². The number of nitrogens with two attached hydrogens (primary N) is 1. The van der Waals surface area contributed by atoms with E-state index in [2.05, 4.69) is 11.9 Å². The van der Waals surface area contributed by atoms with Crippen LogP contribution in [0.15, 0.2) is 35.7 Å². The van der Waals surface area contributed by atoms with Crippen LogP contribution in [-0.4, -0.2) is 20.4 Å². The molecule has 5 nitrogen and oxygen atoms in total. The molecule has 1 aromatic rings. The van der Waals surface area contributed by atoms with Crippen LogP contribution in [0, 0.1) is 6.92 Å². The summed E-state index contributed by atoms with van der Waals surface area (Å²) in [7, 11) is -3.74. The number of hydrogen-bond donors (Lipinski definition) is 2. The number of nitrogens with one attached hydrogen (secondary N) is 1. The van der Waals surface area contributed by atoms with E-state index in [-0.39, 0.29) is 16.8 Å². The van der Waals surface area contributed by atoms with Gasteiger partial charge in [-0.2, -0.15) is 0 Å². The van der Waals surface area contributed by atoms with E-state index in [9.17, 15) is 13.2 Å². The fraction of sp³-hybridized carbons (Fsp3) is 0.308. The molecule has 0 aliphatic rings. The molecule has 0 heterocycles. The number of carbonyl (C=O) groups is 1. The van der Waals surface area contributed by atoms with Crippen molar-refractivity contribution in [3.8, 4) is 0 Å². The van der Waals surface area contributed by atoms with Crippen LogP contribution in [-0.2, 0) is 10.0 Å². The Balaban J connectivity index is 2.97. The van der Waals surface area contributed by atoms with Gasteiger partial charge in [0.2, 0.25) is 10.0 Å². The minimum atomic E-state index is -3.74. The lowest BCUT2D eigenvalue weighted by molar-refractivity contribution is 0.0940. The number of hydrogen-bond acceptors (Lipinski definition) is 3. The predicted molar refractivity (Wildman–Crippen MR) is 74.3 cm³/mol. The van der Waals surface area contributed by atoms with E-state index in [4.69, 9.17) is 5.14 Å². The van der Waals surface area contributed by atoms with Crippen molar-refractivity contribution in [2.45, 2.75) is 31.2 Å². The third-order valence-electron chi connectivity index (χ3n) is 2.67. The Hall–Kier alpha value is -1.66. The number of sulfonamides is 1. The van der Waals surface area contributed by atoms with Crippen LogP contribution in [0.1, 0.15) is 29.3 Å². The number of amides is 1. The molecular weight excluding hydrogens is 264 g/mol. The number of rotatable bonds is 5. The Labute approximate surface area is 113 Å². The maximum atomic E-state index is 12.0. The monoisotopic (exact) mass is 282 g/mol. The summed E-state index contributed by atoms with van der Waals surface area (Å²) in [6.45, 7) is 7.14. The highest BCUT2D eigenvalue weighted by Gasteiger charge is 2.14. The van der Waals surface area contributed by atoms with Gasteiger partial charge in [0, 0.05) is 11.6 Å². The average Bonchev–Trinajstić information content (AvgIpc) is 2.27. The van der Waals surface area contributed by atoms with E-state index in [1.54, 1.807) is 13.0 Å². The zero-order chi connectivity index (χ0) is 14.6. The lowest BCUT2D eigenvalue weighted by atomic mass is 10.1. The second-order valence-corrected chi connectivity index (χ2v) is 5.98. The van der Waals surface area contributed by atoms with Crippen LogP contribution in [0.3, 0.4) is 0 Å². The van der Waals surface area contributed by atoms with Crippen molar-refractivity contribution in [2.75, 3.05) is 0 Å². The van der Waals surface area contributed by atoms with Crippen LogP contribution < -0.4 is 10.5 Å². The summed E-state index contributed by atoms with van der Waals surface area (Å²) in [5.74, 6) is -0.243. The first-order chi connectivity index (χ1) is 8.75. The van der Waals surface area contributed by atoms with Crippen LogP contribution in [0.2, 0.25) is 0 Å². The van der Waals surface area contributed by atoms with Gasteiger partial charge in [-0.25, -0.2) is 13.6 Å². The first-order valence-corrected chi connectivity index (χ1v) is 7.35. The number of aryl methyl sites for hydroxylation is 1. The molecule has 0 bridgehead atoms. The summed E-state index contributed by atoms with van der Waals surface area (Å²) in [6.07, 6.45) is 2.39. The Bertz CT molecular complexity index is 594. The maximum Gasteiger partial charge on any atom is 0.251 e. The molecule has 19 heavy (non-hydrogen) atoms. The molecule has 1 unspecified atom stereocenters. The van der Waals surface area contributed by atoms with Gasteiger partial charge in [0.05, 0.1) is 4.90 Å². The summed E-state index contributed by atoms with van der Waals surface area (Å²) in [5, 5.41) is 7.84. The molecular formula is C13H18N2O3S. The highest BCUT2D eigenvalue weighted by atomic mass is 32.2. The average molecular weight is 282 g/mol. The van der Waals surface area contributed by atoms with E-state index in [0.29, 0.717) is 17.5 Å². The number of carbonyl (C=O) groups excluding carboxylic acids is 1. The molecule has 1 atom stereocenters. The molecule has 3 N–H and O–H groups in total. The second kappa shape index (κ2) is 5.99. The highest BCUT2D eigenvalue weighted by molar-refractivity contribution is 7.89. The van der Waals surface area contributed by atoms with Crippen molar-refractivity contribution in [3.63, 3.8) is 0 Å². The largest absolute Gasteiger partial charge is 0.349 e. The lowest BCUT2D eigenvalue weighted by Crippen LogP contribution is -2.32. The fourth-order valence-corrected chi connectivity index (χ4v) is 2.28. The topological polar surface area (TPSA) is 89.3 Å². The van der Waals surface area contributed by atoms with E-state index in [1.807, 2.05) is 6.92 Å². The molecule has 104 valence electrons. The minimum Gasteiger partial charge on any atom is -0.349 e. The third-order valence-corrected chi connectivity index (χ3v) is 3.58. The zero-order valence-corrected chi connectivity index (χ0v) is 11.8. The standard InChI is InChI=1S/C13H18N2O3S/c1-4-5-10(3)15-13(16)12-7-6-11(8-9(12)2)19(14,17)18/h4,6-8,10H,1,5H2,2-3H3,(H,15,16)(H2,14,17,18). The molecule has 6 heteroatoms. The number of primary sulfonamides is 1. The van der Waals surface area contributed by atoms with Gasteiger partial charge in [-0.05, 0) is 44.0 Å². The number of benzene rings is 1. The minimum absolute atomic E-state index is 0.000639. The molecule has 1 rings (SSSR count). The van der Waals surface area contributed by atoms with Crippen LogP contribution >= 0.6 is 0 Å². The fourth-order valence-electron chi connectivity index (χ4n) is 1.68. The van der Waals surface area contributed by atoms with Crippen LogP contribution in [0.4, 0.5) is 0 Å². The Kier molecular flexibility index (Phi) is 4.85. The molecule has 0 spiro atoms. The van der Waals surface area contributed by atoms with E-state index >= 15 is 0 Å². The van der Waals surface area contributed by atoms with Gasteiger partial charge in [0.15, 0.2) is 0 Å². The van der Waals surface area contributed by atoms with Crippen LogP contribution in [0.25, 0.3) is 0 Å². The smallest absolute Gasteiger partial charge is 0.251 e. The first-order valence-electron chi connectivity index (χ1n) is 5.81. The van der Waals surface area contributed by atoms with E-state index < -0.39 is 10.0 Å². The van der Waals surface area contributed by atoms with Crippen molar-refractivity contribution >= 4 is 15.9 Å². The molecule has 0 aliphatic heterocycles. The van der Waals surface area contributed by atoms with Gasteiger partial charge in [-0.1, -0.05) is 6.08 Å². The normalized spacial score (nSPS) is 12.8. The molecule has 1 amide bonds. The van der Waals surface area contributed by atoms with Crippen molar-refractivity contribution in [1.29, 1.82) is 0 Å². The van der Waals surface area contributed by atoms with Crippen molar-refractivity contribution in [3.05, 3.63) is 42.0 Å². The summed E-state index contributed by atoms with van der Waals surface area (Å²) in [4.78, 5) is 12.0. The lowest BCUT2D eigenvalue weighted by Gasteiger charge is -2.13. The van der Waals surface area contributed by atoms with Crippen molar-refractivity contribution < 1.29 is 13.2 Å². The van der Waals surface area contributed by atoms with Crippen molar-refractivity contribution in [2.24, 2.45) is 5.14 Å². The molecule has 1 aromatic carbocycles. The highest BCUT2D eigenvalue weighted by Crippen LogP contribution is 2.14. The first kappa shape index (κ1) is 15.4. The summed E-state index contributed by atoms with van der Waals surface area (Å²) in [5.41, 5.74) is 0.998. The SMILES string of the molecule is C=CCC(C)NC(=O)c1ccc(S(N)(=O)=O)cc1C. The van der Waals surface area contributed by atoms with Crippen LogP contribution in [0.5, 0.6) is 0 Å². The molecule has 0 aliphatic carbocycles. The predicted octanol–water partition coefficient (Wildman–Crippen LogP) is 1.34. The molecule has 0 fully saturated rings. The zero-order valence-electron chi connectivity index (χ0n) is 11.0. The van der Waals surface area contributed by atoms with Crippen molar-refractivity contribution in [1.82, 2.24) is 5.32 Å². The summed E-state index contributed by atoms with van der Waals surface area (Å²) < 4.78 is 22.4. The maximum absolute atomic E-state index is 12.0. The van der Waals surface area contributed by atoms with Gasteiger partial charge in [0.25, 0.3) is 5.91 Å². The quantitative estimate of drug-likeness (QED) is 0.799. The Morgan fingerprint density at radius 3 is 2.63 bits per heavy atom. The Morgan fingerprint density at radius 1 is 1.53 bits per heavy atom. The van der Waals surface area contributed by atoms with Gasteiger partial charge >= 0.3 is 0 Å². The van der Waals surface area contributed by atoms with Gasteiger partial charge in [-0.15, -0.1) is 6.58 Å². The Morgan fingerprint density at radius 2 is 2.16 bits per heavy atom. The van der Waals surface area contributed by atoms with Gasteiger partial charge in [0.1, 0.15) is 0 Å². The van der Waals surface area contributed by atoms with E-state index in [0.717, 1.165) is 0 Å². The summed E-state index contributed by atoms with van der Waals surface area (Å²) in [6, 6.07) is 4.16.